The van der Waals surface area contributed by atoms with Crippen LogP contribution < -0.4 is 5.56 Å². The molecule has 0 unspecified atom stereocenters. The van der Waals surface area contributed by atoms with Gasteiger partial charge in [0.25, 0.3) is 5.56 Å². The molecule has 0 atom stereocenters. The van der Waals surface area contributed by atoms with Gasteiger partial charge in [-0.3, -0.25) is 9.89 Å². The van der Waals surface area contributed by atoms with Gasteiger partial charge in [-0.2, -0.15) is 4.68 Å². The van der Waals surface area contributed by atoms with E-state index in [0.717, 1.165) is 5.69 Å². The van der Waals surface area contributed by atoms with Gasteiger partial charge in [0.05, 0.1) is 5.69 Å². The molecule has 90 valence electrons. The van der Waals surface area contributed by atoms with E-state index >= 15 is 0 Å². The monoisotopic (exact) mass is 316 g/mol. The van der Waals surface area contributed by atoms with Crippen LogP contribution in [0.4, 0.5) is 0 Å². The third-order valence-corrected chi connectivity index (χ3v) is 3.25. The lowest BCUT2D eigenvalue weighted by molar-refractivity contribution is 0.737. The molecule has 0 saturated carbocycles. The normalized spacial score (nSPS) is 11.1. The van der Waals surface area contributed by atoms with Crippen LogP contribution in [0.25, 0.3) is 5.82 Å². The third kappa shape index (κ3) is 2.28. The van der Waals surface area contributed by atoms with E-state index in [0.29, 0.717) is 10.3 Å². The fraction of sp³-hybridized carbons (Fsp3) is 0.300. The zero-order valence-electron chi connectivity index (χ0n) is 9.24. The Morgan fingerprint density at radius 1 is 1.41 bits per heavy atom. The van der Waals surface area contributed by atoms with Gasteiger partial charge in [0, 0.05) is 0 Å². The highest BCUT2D eigenvalue weighted by Crippen LogP contribution is 2.20. The quantitative estimate of drug-likeness (QED) is 0.925. The van der Waals surface area contributed by atoms with Crippen molar-refractivity contribution >= 4 is 27.5 Å². The lowest BCUT2D eigenvalue weighted by Gasteiger charge is -2.02. The second-order valence-electron chi connectivity index (χ2n) is 3.85. The Labute approximate surface area is 111 Å². The Kier molecular flexibility index (Phi) is 3.35. The Morgan fingerprint density at radius 2 is 2.12 bits per heavy atom. The van der Waals surface area contributed by atoms with Crippen molar-refractivity contribution in [2.24, 2.45) is 0 Å². The van der Waals surface area contributed by atoms with Crippen molar-refractivity contribution in [1.82, 2.24) is 20.0 Å². The van der Waals surface area contributed by atoms with Gasteiger partial charge >= 0.3 is 0 Å². The number of halogens is 2. The second kappa shape index (κ2) is 4.62. The van der Waals surface area contributed by atoms with Gasteiger partial charge in [-0.25, -0.2) is 0 Å². The standard InChI is InChI=1S/C10H10BrClN4O/c1-5(2)9-8(11)10(17)16(15-9)7-4-3-6(12)13-14-7/h3-5,15H,1-2H3. The highest BCUT2D eigenvalue weighted by molar-refractivity contribution is 9.10. The van der Waals surface area contributed by atoms with Crippen molar-refractivity contribution in [3.05, 3.63) is 37.8 Å². The summed E-state index contributed by atoms with van der Waals surface area (Å²) in [6.45, 7) is 3.99. The van der Waals surface area contributed by atoms with Crippen LogP contribution in [-0.4, -0.2) is 20.0 Å². The minimum absolute atomic E-state index is 0.190. The first kappa shape index (κ1) is 12.3. The van der Waals surface area contributed by atoms with Crippen LogP contribution in [0, 0.1) is 0 Å². The van der Waals surface area contributed by atoms with Crippen LogP contribution in [0.5, 0.6) is 0 Å². The summed E-state index contributed by atoms with van der Waals surface area (Å²) in [7, 11) is 0. The van der Waals surface area contributed by atoms with Gasteiger partial charge in [0.15, 0.2) is 11.0 Å². The number of nitrogens with zero attached hydrogens (tertiary/aromatic N) is 3. The van der Waals surface area contributed by atoms with E-state index in [2.05, 4.69) is 31.2 Å². The molecule has 0 amide bonds. The smallest absolute Gasteiger partial charge is 0.287 e. The number of H-pyrrole nitrogens is 1. The van der Waals surface area contributed by atoms with E-state index in [1.165, 1.54) is 4.68 Å². The summed E-state index contributed by atoms with van der Waals surface area (Å²) in [5.41, 5.74) is 0.636. The zero-order valence-corrected chi connectivity index (χ0v) is 11.6. The highest BCUT2D eigenvalue weighted by atomic mass is 79.9. The molecule has 17 heavy (non-hydrogen) atoms. The number of aromatic nitrogens is 4. The van der Waals surface area contributed by atoms with Crippen molar-refractivity contribution < 1.29 is 0 Å². The molecule has 0 spiro atoms. The summed E-state index contributed by atoms with van der Waals surface area (Å²) in [5, 5.41) is 10.8. The maximum Gasteiger partial charge on any atom is 0.287 e. The lowest BCUT2D eigenvalue weighted by Crippen LogP contribution is -2.16. The molecule has 7 heteroatoms. The van der Waals surface area contributed by atoms with Gasteiger partial charge in [0.1, 0.15) is 4.47 Å². The molecule has 1 N–H and O–H groups in total. The largest absolute Gasteiger partial charge is 0.292 e. The first-order valence-corrected chi connectivity index (χ1v) is 6.18. The van der Waals surface area contributed by atoms with E-state index in [4.69, 9.17) is 11.6 Å². The topological polar surface area (TPSA) is 63.6 Å². The zero-order chi connectivity index (χ0) is 12.6. The number of hydrogen-bond acceptors (Lipinski definition) is 3. The minimum atomic E-state index is -0.190. The first-order valence-electron chi connectivity index (χ1n) is 5.00. The molecule has 0 saturated heterocycles. The molecule has 0 aliphatic carbocycles. The van der Waals surface area contributed by atoms with Crippen molar-refractivity contribution in [2.75, 3.05) is 0 Å². The highest BCUT2D eigenvalue weighted by Gasteiger charge is 2.15. The molecule has 0 bridgehead atoms. The van der Waals surface area contributed by atoms with E-state index in [1.54, 1.807) is 12.1 Å². The van der Waals surface area contributed by atoms with Crippen LogP contribution in [0.3, 0.4) is 0 Å². The summed E-state index contributed by atoms with van der Waals surface area (Å²) in [5.74, 6) is 0.616. The maximum absolute atomic E-state index is 12.0. The number of aromatic amines is 1. The summed E-state index contributed by atoms with van der Waals surface area (Å²) < 4.78 is 1.85. The average Bonchev–Trinajstić information content (AvgIpc) is 2.58. The summed E-state index contributed by atoms with van der Waals surface area (Å²) in [6, 6.07) is 3.21. The fourth-order valence-electron chi connectivity index (χ4n) is 1.41. The number of rotatable bonds is 2. The van der Waals surface area contributed by atoms with Crippen molar-refractivity contribution in [2.45, 2.75) is 19.8 Å². The molecule has 5 nitrogen and oxygen atoms in total. The molecule has 0 aromatic carbocycles. The van der Waals surface area contributed by atoms with Crippen molar-refractivity contribution in [1.29, 1.82) is 0 Å². The SMILES string of the molecule is CC(C)c1[nH]n(-c2ccc(Cl)nn2)c(=O)c1Br. The van der Waals surface area contributed by atoms with Gasteiger partial charge in [-0.1, -0.05) is 25.4 Å². The Balaban J connectivity index is 2.57. The Hall–Kier alpha value is -1.14. The van der Waals surface area contributed by atoms with E-state index < -0.39 is 0 Å². The number of nitrogens with one attached hydrogen (secondary N) is 1. The van der Waals surface area contributed by atoms with Gasteiger partial charge in [-0.15, -0.1) is 10.2 Å². The molecule has 2 aromatic rings. The van der Waals surface area contributed by atoms with Crippen LogP contribution in [-0.2, 0) is 0 Å². The summed E-state index contributed by atoms with van der Waals surface area (Å²) in [4.78, 5) is 12.0. The third-order valence-electron chi connectivity index (χ3n) is 2.28. The maximum atomic E-state index is 12.0. The van der Waals surface area contributed by atoms with Crippen LogP contribution >= 0.6 is 27.5 Å². The van der Waals surface area contributed by atoms with Gasteiger partial charge < -0.3 is 0 Å². The first-order chi connectivity index (χ1) is 8.00. The molecular weight excluding hydrogens is 307 g/mol. The van der Waals surface area contributed by atoms with Crippen molar-refractivity contribution in [3.63, 3.8) is 0 Å². The van der Waals surface area contributed by atoms with Crippen LogP contribution in [0.15, 0.2) is 21.4 Å². The summed E-state index contributed by atoms with van der Waals surface area (Å²) >= 11 is 8.92. The molecule has 0 aliphatic rings. The lowest BCUT2D eigenvalue weighted by atomic mass is 10.1. The predicted octanol–water partition coefficient (Wildman–Crippen LogP) is 2.49. The Bertz CT molecular complexity index is 587. The average molecular weight is 318 g/mol. The minimum Gasteiger partial charge on any atom is -0.292 e. The summed E-state index contributed by atoms with van der Waals surface area (Å²) in [6.07, 6.45) is 0. The molecule has 0 fully saturated rings. The molecule has 0 aliphatic heterocycles. The molecular formula is C10H10BrClN4O. The predicted molar refractivity (Wildman–Crippen MR) is 68.8 cm³/mol. The van der Waals surface area contributed by atoms with Crippen LogP contribution in [0.2, 0.25) is 5.15 Å². The van der Waals surface area contributed by atoms with E-state index in [-0.39, 0.29) is 16.6 Å². The molecule has 2 rings (SSSR count). The van der Waals surface area contributed by atoms with Crippen LogP contribution in [0.1, 0.15) is 25.5 Å². The molecule has 2 heterocycles. The van der Waals surface area contributed by atoms with Gasteiger partial charge in [-0.05, 0) is 34.0 Å². The van der Waals surface area contributed by atoms with Crippen molar-refractivity contribution in [3.8, 4) is 5.82 Å². The number of hydrogen-bond donors (Lipinski definition) is 1. The molecule has 2 aromatic heterocycles. The Morgan fingerprint density at radius 3 is 2.59 bits per heavy atom. The molecule has 0 radical (unpaired) electrons. The van der Waals surface area contributed by atoms with Gasteiger partial charge in [0.2, 0.25) is 0 Å². The van der Waals surface area contributed by atoms with E-state index in [1.807, 2.05) is 13.8 Å². The van der Waals surface area contributed by atoms with E-state index in [9.17, 15) is 4.79 Å². The second-order valence-corrected chi connectivity index (χ2v) is 5.03. The fourth-order valence-corrected chi connectivity index (χ4v) is 2.23.